The molecule has 0 saturated carbocycles. The van der Waals surface area contributed by atoms with Gasteiger partial charge in [0.1, 0.15) is 5.82 Å². The van der Waals surface area contributed by atoms with E-state index in [1.807, 2.05) is 4.90 Å². The summed E-state index contributed by atoms with van der Waals surface area (Å²) in [5, 5.41) is 10.2. The summed E-state index contributed by atoms with van der Waals surface area (Å²) in [7, 11) is 1.12. The summed E-state index contributed by atoms with van der Waals surface area (Å²) in [5.74, 6) is -1.88. The zero-order valence-electron chi connectivity index (χ0n) is 21.3. The average molecular weight is 577 g/mol. The molecule has 1 fully saturated rings. The van der Waals surface area contributed by atoms with Gasteiger partial charge in [-0.25, -0.2) is 9.18 Å². The Morgan fingerprint density at radius 3 is 2.30 bits per heavy atom. The Kier molecular flexibility index (Phi) is 9.79. The summed E-state index contributed by atoms with van der Waals surface area (Å²) in [6.45, 7) is 1.67. The fourth-order valence-corrected chi connectivity index (χ4v) is 4.05. The van der Waals surface area contributed by atoms with Crippen molar-refractivity contribution in [1.29, 1.82) is 0 Å². The predicted octanol–water partition coefficient (Wildman–Crippen LogP) is 5.33. The van der Waals surface area contributed by atoms with Crippen molar-refractivity contribution >= 4 is 23.6 Å². The zero-order valence-corrected chi connectivity index (χ0v) is 21.3. The minimum absolute atomic E-state index is 0.0385. The quantitative estimate of drug-likeness (QED) is 0.328. The largest absolute Gasteiger partial charge is 0.420 e. The molecule has 1 aliphatic heterocycles. The van der Waals surface area contributed by atoms with E-state index in [-0.39, 0.29) is 18.3 Å². The number of benzene rings is 2. The van der Waals surface area contributed by atoms with Crippen molar-refractivity contribution in [3.05, 3.63) is 65.1 Å². The highest BCUT2D eigenvalue weighted by Gasteiger charge is 2.41. The molecule has 1 unspecified atom stereocenters. The molecule has 1 amide bonds. The Balaban J connectivity index is 2.01. The molecule has 0 spiro atoms. The number of aliphatic hydroxyl groups excluding tert-OH is 1. The second-order valence-corrected chi connectivity index (χ2v) is 9.08. The molecule has 1 atom stereocenters. The first-order valence-electron chi connectivity index (χ1n) is 12.1. The molecular weight excluding hydrogens is 549 g/mol. The fraction of sp³-hybridized carbons (Fsp3) is 0.385. The van der Waals surface area contributed by atoms with Gasteiger partial charge in [-0.2, -0.15) is 26.3 Å². The number of likely N-dealkylation sites (tertiary alicyclic amines) is 1. The van der Waals surface area contributed by atoms with E-state index in [0.717, 1.165) is 68.4 Å². The number of rotatable bonds is 8. The van der Waals surface area contributed by atoms with Gasteiger partial charge in [0.15, 0.2) is 5.75 Å². The molecule has 218 valence electrons. The molecule has 7 nitrogen and oxygen atoms in total. The number of nitrogens with two attached hydrogens (primary N) is 1. The summed E-state index contributed by atoms with van der Waals surface area (Å²) in [6.07, 6.45) is -9.32. The number of amides is 1. The molecular formula is C26H27F7N4O3. The van der Waals surface area contributed by atoms with Crippen LogP contribution < -0.4 is 15.4 Å². The standard InChI is InChI=1S/C26H27F7N4O3/c1-36(19-6-4-18(27)5-7-19)24(39)40-23-21(10-17(25(28,29)30)11-22(23)26(31,32)33)16(12-34)13-35-14-20(38)15-37-8-2-3-9-37/h4-7,10-13,20,38H,2-3,8-9,14-15,34H2,1H3. The Hall–Kier alpha value is -3.65. The van der Waals surface area contributed by atoms with E-state index >= 15 is 0 Å². The van der Waals surface area contributed by atoms with E-state index in [2.05, 4.69) is 4.99 Å². The van der Waals surface area contributed by atoms with Gasteiger partial charge < -0.3 is 20.5 Å². The Labute approximate surface area is 225 Å². The topological polar surface area (TPSA) is 91.4 Å². The first kappa shape index (κ1) is 30.9. The number of anilines is 1. The summed E-state index contributed by atoms with van der Waals surface area (Å²) < 4.78 is 101. The van der Waals surface area contributed by atoms with Gasteiger partial charge in [-0.3, -0.25) is 9.89 Å². The van der Waals surface area contributed by atoms with Crippen molar-refractivity contribution in [3.63, 3.8) is 0 Å². The van der Waals surface area contributed by atoms with E-state index in [1.165, 1.54) is 0 Å². The molecule has 2 aromatic rings. The van der Waals surface area contributed by atoms with E-state index in [1.54, 1.807) is 0 Å². The minimum atomic E-state index is -5.37. The lowest BCUT2D eigenvalue weighted by Crippen LogP contribution is -2.31. The van der Waals surface area contributed by atoms with Gasteiger partial charge in [0, 0.05) is 42.8 Å². The van der Waals surface area contributed by atoms with Crippen LogP contribution in [0.15, 0.2) is 47.6 Å². The molecule has 3 N–H and O–H groups in total. The van der Waals surface area contributed by atoms with Crippen LogP contribution in [-0.2, 0) is 12.4 Å². The maximum absolute atomic E-state index is 14.0. The van der Waals surface area contributed by atoms with Gasteiger partial charge in [-0.15, -0.1) is 0 Å². The van der Waals surface area contributed by atoms with Gasteiger partial charge in [0.05, 0.1) is 23.8 Å². The Morgan fingerprint density at radius 2 is 1.75 bits per heavy atom. The SMILES string of the molecule is CN(C(=O)Oc1c(C(C=NCC(O)CN2CCCC2)=CN)cc(C(F)(F)F)cc1C(F)(F)F)c1ccc(F)cc1. The number of alkyl halides is 6. The normalized spacial score (nSPS) is 16.0. The smallest absolute Gasteiger partial charge is 0.409 e. The minimum Gasteiger partial charge on any atom is -0.409 e. The highest BCUT2D eigenvalue weighted by Crippen LogP contribution is 2.44. The third-order valence-electron chi connectivity index (χ3n) is 6.10. The molecule has 14 heteroatoms. The zero-order chi connectivity index (χ0) is 29.7. The van der Waals surface area contributed by atoms with Crippen molar-refractivity contribution < 1.29 is 45.4 Å². The van der Waals surface area contributed by atoms with Crippen LogP contribution >= 0.6 is 0 Å². The van der Waals surface area contributed by atoms with Crippen molar-refractivity contribution in [2.24, 2.45) is 10.7 Å². The highest BCUT2D eigenvalue weighted by atomic mass is 19.4. The summed E-state index contributed by atoms with van der Waals surface area (Å²) >= 11 is 0. The summed E-state index contributed by atoms with van der Waals surface area (Å²) in [5.41, 5.74) is 0.842. The van der Waals surface area contributed by atoms with Gasteiger partial charge in [-0.1, -0.05) is 0 Å². The van der Waals surface area contributed by atoms with Gasteiger partial charge >= 0.3 is 18.4 Å². The second kappa shape index (κ2) is 12.7. The molecule has 2 aromatic carbocycles. The number of aliphatic imine (C=N–C) groups is 1. The lowest BCUT2D eigenvalue weighted by molar-refractivity contribution is -0.143. The summed E-state index contributed by atoms with van der Waals surface area (Å²) in [4.78, 5) is 19.5. The predicted molar refractivity (Wildman–Crippen MR) is 134 cm³/mol. The number of nitrogens with zero attached hydrogens (tertiary/aromatic N) is 3. The number of β-amino-alcohol motifs (C(OH)–C–C–N with tert-alkyl or cyclic N) is 1. The van der Waals surface area contributed by atoms with Crippen LogP contribution in [0.5, 0.6) is 5.75 Å². The van der Waals surface area contributed by atoms with Gasteiger partial charge in [0.25, 0.3) is 0 Å². The van der Waals surface area contributed by atoms with Crippen molar-refractivity contribution in [3.8, 4) is 5.75 Å². The van der Waals surface area contributed by atoms with Crippen LogP contribution in [0.2, 0.25) is 0 Å². The molecule has 1 heterocycles. The van der Waals surface area contributed by atoms with Crippen LogP contribution in [0.25, 0.3) is 5.57 Å². The second-order valence-electron chi connectivity index (χ2n) is 9.08. The molecule has 3 rings (SSSR count). The molecule has 0 aromatic heterocycles. The van der Waals surface area contributed by atoms with Crippen LogP contribution in [-0.4, -0.2) is 61.6 Å². The highest BCUT2D eigenvalue weighted by molar-refractivity contribution is 6.11. The lowest BCUT2D eigenvalue weighted by atomic mass is 9.98. The third-order valence-corrected chi connectivity index (χ3v) is 6.10. The van der Waals surface area contributed by atoms with Crippen LogP contribution in [0, 0.1) is 5.82 Å². The van der Waals surface area contributed by atoms with Crippen molar-refractivity contribution in [2.45, 2.75) is 31.3 Å². The molecule has 1 aliphatic rings. The summed E-state index contributed by atoms with van der Waals surface area (Å²) in [6, 6.07) is 4.48. The molecule has 1 saturated heterocycles. The van der Waals surface area contributed by atoms with Crippen molar-refractivity contribution in [2.75, 3.05) is 38.1 Å². The lowest BCUT2D eigenvalue weighted by Gasteiger charge is -2.22. The molecule has 40 heavy (non-hydrogen) atoms. The fourth-order valence-electron chi connectivity index (χ4n) is 4.05. The first-order chi connectivity index (χ1) is 18.7. The first-order valence-corrected chi connectivity index (χ1v) is 12.1. The monoisotopic (exact) mass is 576 g/mol. The maximum Gasteiger partial charge on any atom is 0.420 e. The number of carbonyl (C=O) groups excluding carboxylic acids is 1. The van der Waals surface area contributed by atoms with E-state index in [0.29, 0.717) is 18.8 Å². The Morgan fingerprint density at radius 1 is 1.12 bits per heavy atom. The number of aliphatic hydroxyl groups is 1. The number of ether oxygens (including phenoxy) is 1. The number of halogens is 7. The number of carbonyl (C=O) groups is 1. The number of hydrogen-bond acceptors (Lipinski definition) is 6. The number of hydrogen-bond donors (Lipinski definition) is 2. The van der Waals surface area contributed by atoms with E-state index in [9.17, 15) is 40.6 Å². The molecule has 0 bridgehead atoms. The Bertz CT molecular complexity index is 1240. The van der Waals surface area contributed by atoms with Gasteiger partial charge in [0.2, 0.25) is 0 Å². The van der Waals surface area contributed by atoms with Crippen LogP contribution in [0.4, 0.5) is 41.2 Å². The third kappa shape index (κ3) is 7.94. The molecule has 0 aliphatic carbocycles. The maximum atomic E-state index is 14.0. The molecule has 0 radical (unpaired) electrons. The average Bonchev–Trinajstić information content (AvgIpc) is 3.38. The number of allylic oxidation sites excluding steroid dienone is 1. The van der Waals surface area contributed by atoms with E-state index in [4.69, 9.17) is 10.5 Å². The van der Waals surface area contributed by atoms with Crippen molar-refractivity contribution in [1.82, 2.24) is 4.90 Å². The van der Waals surface area contributed by atoms with E-state index < -0.39 is 58.4 Å². The van der Waals surface area contributed by atoms with Gasteiger partial charge in [-0.05, 0) is 62.3 Å². The van der Waals surface area contributed by atoms with Crippen LogP contribution in [0.1, 0.15) is 29.5 Å². The van der Waals surface area contributed by atoms with Crippen LogP contribution in [0.3, 0.4) is 0 Å².